The molecule has 0 spiro atoms. The number of nitrogens with zero attached hydrogens (tertiary/aromatic N) is 2. The fourth-order valence-electron chi connectivity index (χ4n) is 5.70. The quantitative estimate of drug-likeness (QED) is 0.301. The highest BCUT2D eigenvalue weighted by molar-refractivity contribution is 5.75. The summed E-state index contributed by atoms with van der Waals surface area (Å²) in [6.45, 7) is 19.9. The number of aromatic amines is 1. The van der Waals surface area contributed by atoms with Crippen LogP contribution in [0, 0.1) is 11.8 Å². The summed E-state index contributed by atoms with van der Waals surface area (Å²) in [6, 6.07) is 2.37. The first-order chi connectivity index (χ1) is 16.9. The van der Waals surface area contributed by atoms with Gasteiger partial charge >= 0.3 is 0 Å². The normalized spacial score (nSPS) is 20.0. The Morgan fingerprint density at radius 2 is 1.89 bits per heavy atom. The van der Waals surface area contributed by atoms with Crippen LogP contribution in [0.15, 0.2) is 66.2 Å². The van der Waals surface area contributed by atoms with Crippen molar-refractivity contribution in [3.8, 4) is 0 Å². The Kier molecular flexibility index (Phi) is 7.91. The number of aryl methyl sites for hydroxylation is 1. The van der Waals surface area contributed by atoms with Gasteiger partial charge in [0, 0.05) is 47.5 Å². The van der Waals surface area contributed by atoms with E-state index in [2.05, 4.69) is 86.0 Å². The van der Waals surface area contributed by atoms with Gasteiger partial charge in [0.15, 0.2) is 0 Å². The standard InChI is InChI=1S/C31H44N4/c1-7-10-25(8-2)23(5)34-17-15-26(16-18-34)24(6)35(20-32)22(4)21(3)30-19-28-11-9-12-29(27-13-14-27)31(28)33-30/h7-8,10,12,19,26-27,33H,5-6,9,11,13-18,20,32H2,1-4H3/b10-7-,22-21+,25-8+. The average Bonchev–Trinajstić information content (AvgIpc) is 3.63. The van der Waals surface area contributed by atoms with E-state index in [-0.39, 0.29) is 0 Å². The number of H-pyrrole nitrogens is 1. The summed E-state index contributed by atoms with van der Waals surface area (Å²) in [4.78, 5) is 8.42. The minimum atomic E-state index is 0.433. The predicted molar refractivity (Wildman–Crippen MR) is 150 cm³/mol. The molecule has 2 fully saturated rings. The first-order valence-electron chi connectivity index (χ1n) is 13.4. The molecule has 2 heterocycles. The fraction of sp³-hybridized carbons (Fsp3) is 0.484. The monoisotopic (exact) mass is 472 g/mol. The summed E-state index contributed by atoms with van der Waals surface area (Å²) < 4.78 is 0. The van der Waals surface area contributed by atoms with Crippen LogP contribution in [0.2, 0.25) is 0 Å². The lowest BCUT2D eigenvalue weighted by Crippen LogP contribution is -2.38. The third kappa shape index (κ3) is 5.28. The van der Waals surface area contributed by atoms with Gasteiger partial charge in [0.1, 0.15) is 0 Å². The van der Waals surface area contributed by atoms with Crippen molar-refractivity contribution in [1.82, 2.24) is 14.8 Å². The first kappa shape index (κ1) is 25.4. The van der Waals surface area contributed by atoms with Gasteiger partial charge in [-0.1, -0.05) is 37.5 Å². The summed E-state index contributed by atoms with van der Waals surface area (Å²) in [6.07, 6.45) is 15.9. The van der Waals surface area contributed by atoms with E-state index < -0.39 is 0 Å². The molecule has 4 rings (SSSR count). The Bertz CT molecular complexity index is 1080. The van der Waals surface area contributed by atoms with Crippen molar-refractivity contribution in [3.63, 3.8) is 0 Å². The summed E-state index contributed by atoms with van der Waals surface area (Å²) in [5, 5.41) is 0. The molecule has 0 radical (unpaired) electrons. The minimum Gasteiger partial charge on any atom is -0.371 e. The SMILES string of the molecule is C=C(C(/C=C\C)=C/C)N1CCC(C(=C)N(CN)/C(C)=C(\C)c2cc3c([nH]2)C(C2CC2)=CCC3)CC1. The number of nitrogens with two attached hydrogens (primary N) is 1. The number of fused-ring (bicyclic) bond motifs is 1. The fourth-order valence-corrected chi connectivity index (χ4v) is 5.70. The van der Waals surface area contributed by atoms with E-state index in [0.717, 1.165) is 49.7 Å². The highest BCUT2D eigenvalue weighted by atomic mass is 15.2. The molecule has 1 aromatic rings. The average molecular weight is 473 g/mol. The topological polar surface area (TPSA) is 48.3 Å². The number of piperidine rings is 1. The lowest BCUT2D eigenvalue weighted by Gasteiger charge is -2.39. The van der Waals surface area contributed by atoms with Crippen LogP contribution >= 0.6 is 0 Å². The third-order valence-corrected chi connectivity index (χ3v) is 8.20. The molecule has 2 aliphatic carbocycles. The maximum atomic E-state index is 6.30. The van der Waals surface area contributed by atoms with Crippen molar-refractivity contribution in [2.24, 2.45) is 17.6 Å². The Labute approximate surface area is 212 Å². The number of rotatable bonds is 9. The molecule has 3 N–H and O–H groups in total. The van der Waals surface area contributed by atoms with Crippen LogP contribution in [0.5, 0.6) is 0 Å². The highest BCUT2D eigenvalue weighted by Crippen LogP contribution is 2.45. The second-order valence-electron chi connectivity index (χ2n) is 10.3. The van der Waals surface area contributed by atoms with Crippen molar-refractivity contribution in [2.75, 3.05) is 19.8 Å². The number of nitrogens with one attached hydrogen (secondary N) is 1. The Morgan fingerprint density at radius 3 is 2.49 bits per heavy atom. The number of allylic oxidation sites excluding steroid dienone is 8. The van der Waals surface area contributed by atoms with E-state index in [1.165, 1.54) is 53.1 Å². The zero-order valence-corrected chi connectivity index (χ0v) is 22.3. The van der Waals surface area contributed by atoms with Gasteiger partial charge in [0.25, 0.3) is 0 Å². The van der Waals surface area contributed by atoms with Crippen LogP contribution in [0.1, 0.15) is 76.8 Å². The van der Waals surface area contributed by atoms with E-state index >= 15 is 0 Å². The molecule has 0 unspecified atom stereocenters. The molecular formula is C31H44N4. The van der Waals surface area contributed by atoms with Crippen molar-refractivity contribution >= 4 is 11.1 Å². The summed E-state index contributed by atoms with van der Waals surface area (Å²) in [5.41, 5.74) is 17.9. The van der Waals surface area contributed by atoms with Gasteiger partial charge in [-0.15, -0.1) is 0 Å². The molecule has 4 nitrogen and oxygen atoms in total. The molecule has 0 aromatic carbocycles. The molecule has 3 aliphatic rings. The number of aromatic nitrogens is 1. The molecule has 0 atom stereocenters. The van der Waals surface area contributed by atoms with Gasteiger partial charge in [-0.3, -0.25) is 0 Å². The lowest BCUT2D eigenvalue weighted by molar-refractivity contribution is 0.226. The van der Waals surface area contributed by atoms with E-state index in [1.807, 2.05) is 0 Å². The summed E-state index contributed by atoms with van der Waals surface area (Å²) >= 11 is 0. The summed E-state index contributed by atoms with van der Waals surface area (Å²) in [5.74, 6) is 1.21. The molecular weight excluding hydrogens is 428 g/mol. The third-order valence-electron chi connectivity index (χ3n) is 8.20. The van der Waals surface area contributed by atoms with E-state index in [9.17, 15) is 0 Å². The van der Waals surface area contributed by atoms with Gasteiger partial charge in [-0.05, 0) is 100 Å². The Morgan fingerprint density at radius 1 is 1.17 bits per heavy atom. The van der Waals surface area contributed by atoms with Gasteiger partial charge in [0.05, 0.1) is 6.67 Å². The van der Waals surface area contributed by atoms with Crippen molar-refractivity contribution in [3.05, 3.63) is 83.1 Å². The molecule has 0 bridgehead atoms. The van der Waals surface area contributed by atoms with Crippen molar-refractivity contribution in [1.29, 1.82) is 0 Å². The van der Waals surface area contributed by atoms with E-state index in [1.54, 1.807) is 5.57 Å². The highest BCUT2D eigenvalue weighted by Gasteiger charge is 2.31. The molecule has 188 valence electrons. The minimum absolute atomic E-state index is 0.433. The van der Waals surface area contributed by atoms with Gasteiger partial charge in [-0.25, -0.2) is 0 Å². The number of hydrogen-bond donors (Lipinski definition) is 2. The molecule has 35 heavy (non-hydrogen) atoms. The number of hydrogen-bond acceptors (Lipinski definition) is 3. The molecule has 1 aliphatic heterocycles. The molecule has 1 saturated carbocycles. The Balaban J connectivity index is 1.45. The maximum Gasteiger partial charge on any atom is 0.0700 e. The van der Waals surface area contributed by atoms with Crippen LogP contribution in [0.25, 0.3) is 11.1 Å². The molecule has 4 heteroatoms. The van der Waals surface area contributed by atoms with Crippen LogP contribution in [0.3, 0.4) is 0 Å². The smallest absolute Gasteiger partial charge is 0.0700 e. The lowest BCUT2D eigenvalue weighted by atomic mass is 9.92. The van der Waals surface area contributed by atoms with Gasteiger partial charge in [-0.2, -0.15) is 0 Å². The molecule has 0 amide bonds. The molecule has 1 aromatic heterocycles. The maximum absolute atomic E-state index is 6.30. The van der Waals surface area contributed by atoms with Gasteiger partial charge in [0.2, 0.25) is 0 Å². The largest absolute Gasteiger partial charge is 0.371 e. The predicted octanol–water partition coefficient (Wildman–Crippen LogP) is 6.99. The molecule has 1 saturated heterocycles. The zero-order valence-electron chi connectivity index (χ0n) is 22.3. The Hall–Kier alpha value is -2.72. The second-order valence-corrected chi connectivity index (χ2v) is 10.3. The summed E-state index contributed by atoms with van der Waals surface area (Å²) in [7, 11) is 0. The second kappa shape index (κ2) is 10.9. The van der Waals surface area contributed by atoms with E-state index in [4.69, 9.17) is 5.73 Å². The number of likely N-dealkylation sites (tertiary alicyclic amines) is 1. The van der Waals surface area contributed by atoms with Crippen molar-refractivity contribution < 1.29 is 0 Å². The van der Waals surface area contributed by atoms with Crippen molar-refractivity contribution in [2.45, 2.75) is 66.2 Å². The van der Waals surface area contributed by atoms with Crippen LogP contribution in [-0.4, -0.2) is 34.5 Å². The first-order valence-corrected chi connectivity index (χ1v) is 13.4. The van der Waals surface area contributed by atoms with Crippen LogP contribution in [-0.2, 0) is 6.42 Å². The van der Waals surface area contributed by atoms with Crippen LogP contribution in [0.4, 0.5) is 0 Å². The van der Waals surface area contributed by atoms with E-state index in [0.29, 0.717) is 12.6 Å². The zero-order chi connectivity index (χ0) is 25.1. The van der Waals surface area contributed by atoms with Gasteiger partial charge < -0.3 is 20.5 Å². The van der Waals surface area contributed by atoms with Crippen LogP contribution < -0.4 is 5.73 Å².